The number of aliphatic imine (C=N–C) groups is 1. The number of benzene rings is 1. The predicted molar refractivity (Wildman–Crippen MR) is 72.0 cm³/mol. The number of amidine groups is 1. The highest BCUT2D eigenvalue weighted by atomic mass is 32.2. The molecule has 2 aliphatic heterocycles. The molecule has 3 heteroatoms. The van der Waals surface area contributed by atoms with Crippen molar-refractivity contribution in [2.24, 2.45) is 10.9 Å². The van der Waals surface area contributed by atoms with Gasteiger partial charge in [0.05, 0.1) is 5.69 Å². The molecule has 4 rings (SSSR count). The van der Waals surface area contributed by atoms with Gasteiger partial charge in [0.1, 0.15) is 5.84 Å². The van der Waals surface area contributed by atoms with Crippen molar-refractivity contribution in [2.75, 3.05) is 6.26 Å². The highest BCUT2D eigenvalue weighted by Gasteiger charge is 2.44. The quantitative estimate of drug-likeness (QED) is 0.703. The summed E-state index contributed by atoms with van der Waals surface area (Å²) in [5.41, 5.74) is 2.66. The normalized spacial score (nSPS) is 29.0. The third kappa shape index (κ3) is 1.32. The minimum atomic E-state index is 0.756. The molecule has 0 aromatic heterocycles. The fourth-order valence-electron chi connectivity index (χ4n) is 3.57. The Morgan fingerprint density at radius 2 is 2.29 bits per heavy atom. The first kappa shape index (κ1) is 10.0. The van der Waals surface area contributed by atoms with Crippen LogP contribution in [0.25, 0.3) is 0 Å². The van der Waals surface area contributed by atoms with Crippen LogP contribution in [-0.4, -0.2) is 23.0 Å². The van der Waals surface area contributed by atoms with E-state index in [1.54, 1.807) is 0 Å². The number of rotatable bonds is 1. The van der Waals surface area contributed by atoms with Crippen molar-refractivity contribution in [1.82, 2.24) is 4.90 Å². The first-order valence-corrected chi connectivity index (χ1v) is 7.60. The lowest BCUT2D eigenvalue weighted by Crippen LogP contribution is -2.38. The van der Waals surface area contributed by atoms with Gasteiger partial charge in [0.15, 0.2) is 0 Å². The van der Waals surface area contributed by atoms with Gasteiger partial charge >= 0.3 is 0 Å². The van der Waals surface area contributed by atoms with Crippen molar-refractivity contribution in [3.63, 3.8) is 0 Å². The molecule has 1 saturated heterocycles. The summed E-state index contributed by atoms with van der Waals surface area (Å²) in [6.45, 7) is 1.09. The molecule has 3 aliphatic rings. The molecule has 0 radical (unpaired) electrons. The van der Waals surface area contributed by atoms with E-state index in [0.29, 0.717) is 0 Å². The van der Waals surface area contributed by atoms with Crippen LogP contribution >= 0.6 is 11.8 Å². The topological polar surface area (TPSA) is 15.6 Å². The van der Waals surface area contributed by atoms with Crippen molar-refractivity contribution in [3.05, 3.63) is 23.8 Å². The lowest BCUT2D eigenvalue weighted by atomic mass is 10.0. The largest absolute Gasteiger partial charge is 0.352 e. The molecular formula is C14H16N2S. The first-order valence-electron chi connectivity index (χ1n) is 6.38. The third-order valence-electron chi connectivity index (χ3n) is 4.40. The molecule has 2 heterocycles. The average Bonchev–Trinajstić information content (AvgIpc) is 2.97. The summed E-state index contributed by atoms with van der Waals surface area (Å²) < 4.78 is 0. The van der Waals surface area contributed by atoms with Crippen molar-refractivity contribution in [2.45, 2.75) is 36.7 Å². The molecule has 0 spiro atoms. The van der Waals surface area contributed by atoms with Crippen LogP contribution in [0.2, 0.25) is 0 Å². The zero-order chi connectivity index (χ0) is 11.4. The fourth-order valence-corrected chi connectivity index (χ4v) is 4.20. The van der Waals surface area contributed by atoms with Gasteiger partial charge in [-0.05, 0) is 37.7 Å². The Bertz CT molecular complexity index is 509. The standard InChI is InChI=1S/C14H16N2S/c1-17-13-4-2-3-12-11(13)8-16-10-6-5-9(7-10)14(16)15-12/h2-4,9-10H,5-8H2,1H3. The van der Waals surface area contributed by atoms with Gasteiger partial charge in [-0.3, -0.25) is 0 Å². The zero-order valence-corrected chi connectivity index (χ0v) is 10.8. The molecule has 2 nitrogen and oxygen atoms in total. The van der Waals surface area contributed by atoms with Crippen LogP contribution < -0.4 is 0 Å². The Balaban J connectivity index is 1.84. The van der Waals surface area contributed by atoms with Crippen molar-refractivity contribution in [1.29, 1.82) is 0 Å². The molecular weight excluding hydrogens is 228 g/mol. The lowest BCUT2D eigenvalue weighted by Gasteiger charge is -2.34. The van der Waals surface area contributed by atoms with Crippen LogP contribution in [0.5, 0.6) is 0 Å². The van der Waals surface area contributed by atoms with E-state index in [2.05, 4.69) is 29.4 Å². The van der Waals surface area contributed by atoms with Gasteiger partial charge in [0.25, 0.3) is 0 Å². The Morgan fingerprint density at radius 3 is 3.18 bits per heavy atom. The van der Waals surface area contributed by atoms with E-state index in [1.165, 1.54) is 41.2 Å². The molecule has 0 N–H and O–H groups in total. The van der Waals surface area contributed by atoms with Gasteiger partial charge in [-0.2, -0.15) is 0 Å². The molecule has 2 fully saturated rings. The second-order valence-electron chi connectivity index (χ2n) is 5.22. The van der Waals surface area contributed by atoms with Crippen LogP contribution in [-0.2, 0) is 6.54 Å². The summed E-state index contributed by atoms with van der Waals surface area (Å²) in [6.07, 6.45) is 6.24. The van der Waals surface area contributed by atoms with E-state index in [-0.39, 0.29) is 0 Å². The summed E-state index contributed by atoms with van der Waals surface area (Å²) in [5.74, 6) is 2.14. The SMILES string of the molecule is CSc1cccc2c1CN1C(=N2)C2CCC1C2. The van der Waals surface area contributed by atoms with Gasteiger partial charge < -0.3 is 4.90 Å². The minimum Gasteiger partial charge on any atom is -0.352 e. The number of hydrogen-bond donors (Lipinski definition) is 0. The number of piperidine rings is 1. The molecule has 1 aromatic carbocycles. The fraction of sp³-hybridized carbons (Fsp3) is 0.500. The maximum Gasteiger partial charge on any atom is 0.109 e. The molecule has 1 saturated carbocycles. The van der Waals surface area contributed by atoms with Gasteiger partial charge in [-0.1, -0.05) is 6.07 Å². The van der Waals surface area contributed by atoms with Crippen molar-refractivity contribution < 1.29 is 0 Å². The number of fused-ring (bicyclic) bond motifs is 6. The van der Waals surface area contributed by atoms with E-state index in [1.807, 2.05) is 11.8 Å². The summed E-state index contributed by atoms with van der Waals surface area (Å²) >= 11 is 1.84. The number of hydrogen-bond acceptors (Lipinski definition) is 3. The molecule has 88 valence electrons. The molecule has 2 unspecified atom stereocenters. The Hall–Kier alpha value is -0.960. The van der Waals surface area contributed by atoms with E-state index in [4.69, 9.17) is 4.99 Å². The summed E-state index contributed by atoms with van der Waals surface area (Å²) in [4.78, 5) is 8.89. The van der Waals surface area contributed by atoms with Crippen LogP contribution in [0.1, 0.15) is 24.8 Å². The second kappa shape index (κ2) is 3.52. The number of nitrogens with zero attached hydrogens (tertiary/aromatic N) is 2. The van der Waals surface area contributed by atoms with E-state index in [0.717, 1.165) is 18.5 Å². The molecule has 2 bridgehead atoms. The summed E-state index contributed by atoms with van der Waals surface area (Å²) in [6, 6.07) is 7.31. The van der Waals surface area contributed by atoms with Gasteiger partial charge in [-0.15, -0.1) is 11.8 Å². The molecule has 1 aliphatic carbocycles. The average molecular weight is 244 g/mol. The monoisotopic (exact) mass is 244 g/mol. The second-order valence-corrected chi connectivity index (χ2v) is 6.07. The van der Waals surface area contributed by atoms with Gasteiger partial charge in [0, 0.05) is 29.0 Å². The number of thioether (sulfide) groups is 1. The molecule has 1 aromatic rings. The van der Waals surface area contributed by atoms with Gasteiger partial charge in [0.2, 0.25) is 0 Å². The maximum absolute atomic E-state index is 4.93. The zero-order valence-electron chi connectivity index (χ0n) is 10.0. The van der Waals surface area contributed by atoms with Crippen molar-refractivity contribution >= 4 is 23.3 Å². The lowest BCUT2D eigenvalue weighted by molar-refractivity contribution is 0.315. The Kier molecular flexibility index (Phi) is 2.07. The smallest absolute Gasteiger partial charge is 0.109 e. The highest BCUT2D eigenvalue weighted by molar-refractivity contribution is 7.98. The Labute approximate surface area is 106 Å². The van der Waals surface area contributed by atoms with Crippen molar-refractivity contribution in [3.8, 4) is 0 Å². The first-order chi connectivity index (χ1) is 8.36. The molecule has 0 amide bonds. The van der Waals surface area contributed by atoms with E-state index in [9.17, 15) is 0 Å². The van der Waals surface area contributed by atoms with Crippen LogP contribution in [0, 0.1) is 5.92 Å². The van der Waals surface area contributed by atoms with Gasteiger partial charge in [-0.25, -0.2) is 4.99 Å². The minimum absolute atomic E-state index is 0.756. The predicted octanol–water partition coefficient (Wildman–Crippen LogP) is 3.44. The van der Waals surface area contributed by atoms with Crippen LogP contribution in [0.4, 0.5) is 5.69 Å². The van der Waals surface area contributed by atoms with Crippen LogP contribution in [0.3, 0.4) is 0 Å². The summed E-state index contributed by atoms with van der Waals surface area (Å²) in [7, 11) is 0. The van der Waals surface area contributed by atoms with Crippen LogP contribution in [0.15, 0.2) is 28.1 Å². The highest BCUT2D eigenvalue weighted by Crippen LogP contribution is 2.45. The molecule has 17 heavy (non-hydrogen) atoms. The maximum atomic E-state index is 4.93. The van der Waals surface area contributed by atoms with E-state index >= 15 is 0 Å². The van der Waals surface area contributed by atoms with E-state index < -0.39 is 0 Å². The Morgan fingerprint density at radius 1 is 1.35 bits per heavy atom. The summed E-state index contributed by atoms with van der Waals surface area (Å²) in [5, 5.41) is 0. The molecule has 2 atom stereocenters. The third-order valence-corrected chi connectivity index (χ3v) is 5.22.